The number of rotatable bonds is 2. The molecule has 0 bridgehead atoms. The summed E-state index contributed by atoms with van der Waals surface area (Å²) < 4.78 is 6.74. The fourth-order valence-electron chi connectivity index (χ4n) is 1.76. The van der Waals surface area contributed by atoms with Crippen molar-refractivity contribution >= 4 is 15.9 Å². The molecule has 0 radical (unpaired) electrons. The first-order chi connectivity index (χ1) is 7.79. The second kappa shape index (κ2) is 5.33. The maximum atomic E-state index is 8.75. The van der Waals surface area contributed by atoms with Gasteiger partial charge in [0.05, 0.1) is 16.1 Å². The molecule has 4 heteroatoms. The predicted molar refractivity (Wildman–Crippen MR) is 65.4 cm³/mol. The molecule has 1 aliphatic rings. The summed E-state index contributed by atoms with van der Waals surface area (Å²) in [6.45, 7) is 2.02. The molecule has 0 aromatic heterocycles. The average Bonchev–Trinajstić information content (AvgIpc) is 2.33. The van der Waals surface area contributed by atoms with E-state index >= 15 is 0 Å². The Kier molecular flexibility index (Phi) is 3.81. The van der Waals surface area contributed by atoms with Crippen LogP contribution in [0.3, 0.4) is 0 Å². The highest BCUT2D eigenvalue weighted by Crippen LogP contribution is 2.27. The van der Waals surface area contributed by atoms with E-state index in [1.165, 1.54) is 0 Å². The summed E-state index contributed by atoms with van der Waals surface area (Å²) in [5.74, 6) is 0.825. The molecule has 0 aliphatic carbocycles. The van der Waals surface area contributed by atoms with E-state index in [1.54, 1.807) is 12.1 Å². The van der Waals surface area contributed by atoms with Gasteiger partial charge >= 0.3 is 0 Å². The van der Waals surface area contributed by atoms with E-state index < -0.39 is 0 Å². The zero-order valence-corrected chi connectivity index (χ0v) is 10.5. The van der Waals surface area contributed by atoms with Crippen molar-refractivity contribution in [3.8, 4) is 11.8 Å². The van der Waals surface area contributed by atoms with Gasteiger partial charge < -0.3 is 10.1 Å². The average molecular weight is 281 g/mol. The Bertz CT molecular complexity index is 408. The van der Waals surface area contributed by atoms with Gasteiger partial charge in [0.25, 0.3) is 0 Å². The van der Waals surface area contributed by atoms with Gasteiger partial charge in [-0.25, -0.2) is 0 Å². The van der Waals surface area contributed by atoms with Crippen molar-refractivity contribution in [2.75, 3.05) is 13.1 Å². The van der Waals surface area contributed by atoms with Crippen LogP contribution in [0.4, 0.5) is 0 Å². The number of hydrogen-bond acceptors (Lipinski definition) is 3. The van der Waals surface area contributed by atoms with Crippen LogP contribution in [0.1, 0.15) is 18.4 Å². The first kappa shape index (κ1) is 11.4. The number of piperidine rings is 1. The van der Waals surface area contributed by atoms with E-state index in [0.29, 0.717) is 5.56 Å². The van der Waals surface area contributed by atoms with Crippen LogP contribution in [0.2, 0.25) is 0 Å². The summed E-state index contributed by atoms with van der Waals surface area (Å²) in [6, 6.07) is 7.52. The van der Waals surface area contributed by atoms with E-state index in [-0.39, 0.29) is 6.10 Å². The molecule has 1 saturated heterocycles. The number of nitriles is 1. The van der Waals surface area contributed by atoms with E-state index in [0.717, 1.165) is 36.2 Å². The lowest BCUT2D eigenvalue weighted by Crippen LogP contribution is -2.34. The van der Waals surface area contributed by atoms with Crippen LogP contribution in [0.5, 0.6) is 5.75 Å². The minimum absolute atomic E-state index is 0.283. The topological polar surface area (TPSA) is 45.0 Å². The molecule has 0 spiro atoms. The van der Waals surface area contributed by atoms with E-state index in [9.17, 15) is 0 Å². The third-order valence-corrected chi connectivity index (χ3v) is 3.26. The first-order valence-corrected chi connectivity index (χ1v) is 6.16. The first-order valence-electron chi connectivity index (χ1n) is 5.36. The number of nitrogens with one attached hydrogen (secondary N) is 1. The van der Waals surface area contributed by atoms with Crippen LogP contribution >= 0.6 is 15.9 Å². The van der Waals surface area contributed by atoms with Crippen molar-refractivity contribution in [2.24, 2.45) is 0 Å². The molecular formula is C12H13BrN2O. The molecule has 1 N–H and O–H groups in total. The maximum absolute atomic E-state index is 8.75. The SMILES string of the molecule is N#Cc1ccc(OC2CCNCC2)c(Br)c1. The summed E-state index contributed by atoms with van der Waals surface area (Å²) in [7, 11) is 0. The number of benzene rings is 1. The van der Waals surface area contributed by atoms with Crippen LogP contribution < -0.4 is 10.1 Å². The lowest BCUT2D eigenvalue weighted by Gasteiger charge is -2.24. The van der Waals surface area contributed by atoms with Crippen molar-refractivity contribution in [3.05, 3.63) is 28.2 Å². The number of hydrogen-bond donors (Lipinski definition) is 1. The molecule has 0 unspecified atom stereocenters. The molecule has 84 valence electrons. The second-order valence-corrected chi connectivity index (χ2v) is 4.68. The standard InChI is InChI=1S/C12H13BrN2O/c13-11-7-9(8-14)1-2-12(11)16-10-3-5-15-6-4-10/h1-2,7,10,15H,3-6H2. The molecule has 3 nitrogen and oxygen atoms in total. The minimum Gasteiger partial charge on any atom is -0.489 e. The Morgan fingerprint density at radius 2 is 2.12 bits per heavy atom. The molecule has 0 atom stereocenters. The highest BCUT2D eigenvalue weighted by Gasteiger charge is 2.15. The summed E-state index contributed by atoms with van der Waals surface area (Å²) in [5.41, 5.74) is 0.643. The predicted octanol–water partition coefficient (Wildman–Crippen LogP) is 2.45. The van der Waals surface area contributed by atoms with E-state index in [1.807, 2.05) is 6.07 Å². The molecule has 1 heterocycles. The molecule has 2 rings (SSSR count). The van der Waals surface area contributed by atoms with Crippen LogP contribution in [-0.4, -0.2) is 19.2 Å². The highest BCUT2D eigenvalue weighted by molar-refractivity contribution is 9.10. The van der Waals surface area contributed by atoms with Crippen molar-refractivity contribution in [3.63, 3.8) is 0 Å². The Labute approximate surface area is 104 Å². The van der Waals surface area contributed by atoms with Gasteiger partial charge in [-0.1, -0.05) is 0 Å². The molecule has 0 amide bonds. The smallest absolute Gasteiger partial charge is 0.133 e. The third kappa shape index (κ3) is 2.75. The van der Waals surface area contributed by atoms with Crippen LogP contribution in [0.15, 0.2) is 22.7 Å². The quantitative estimate of drug-likeness (QED) is 0.905. The Balaban J connectivity index is 2.06. The van der Waals surface area contributed by atoms with Crippen LogP contribution in [0, 0.1) is 11.3 Å². The largest absolute Gasteiger partial charge is 0.489 e. The molecule has 16 heavy (non-hydrogen) atoms. The molecule has 0 saturated carbocycles. The minimum atomic E-state index is 0.283. The van der Waals surface area contributed by atoms with E-state index in [4.69, 9.17) is 10.00 Å². The molecular weight excluding hydrogens is 268 g/mol. The number of halogens is 1. The summed E-state index contributed by atoms with van der Waals surface area (Å²) in [5, 5.41) is 12.1. The zero-order valence-electron chi connectivity index (χ0n) is 8.87. The lowest BCUT2D eigenvalue weighted by atomic mass is 10.1. The Hall–Kier alpha value is -1.05. The van der Waals surface area contributed by atoms with E-state index in [2.05, 4.69) is 27.3 Å². The normalized spacial score (nSPS) is 16.8. The zero-order chi connectivity index (χ0) is 11.4. The monoisotopic (exact) mass is 280 g/mol. The van der Waals surface area contributed by atoms with Gasteiger partial charge in [-0.2, -0.15) is 5.26 Å². The second-order valence-electron chi connectivity index (χ2n) is 3.82. The summed E-state index contributed by atoms with van der Waals surface area (Å²) in [4.78, 5) is 0. The van der Waals surface area contributed by atoms with Gasteiger partial charge in [0.15, 0.2) is 0 Å². The maximum Gasteiger partial charge on any atom is 0.133 e. The molecule has 1 aromatic carbocycles. The van der Waals surface area contributed by atoms with Crippen LogP contribution in [-0.2, 0) is 0 Å². The fourth-order valence-corrected chi connectivity index (χ4v) is 2.23. The van der Waals surface area contributed by atoms with Gasteiger partial charge in [-0.15, -0.1) is 0 Å². The molecule has 1 aromatic rings. The van der Waals surface area contributed by atoms with Crippen molar-refractivity contribution in [1.82, 2.24) is 5.32 Å². The van der Waals surface area contributed by atoms with Gasteiger partial charge in [-0.3, -0.25) is 0 Å². The van der Waals surface area contributed by atoms with Gasteiger partial charge in [0, 0.05) is 0 Å². The molecule has 1 aliphatic heterocycles. The Morgan fingerprint density at radius 1 is 1.38 bits per heavy atom. The van der Waals surface area contributed by atoms with Crippen molar-refractivity contribution in [1.29, 1.82) is 5.26 Å². The van der Waals surface area contributed by atoms with Crippen molar-refractivity contribution in [2.45, 2.75) is 18.9 Å². The molecule has 1 fully saturated rings. The summed E-state index contributed by atoms with van der Waals surface area (Å²) in [6.07, 6.45) is 2.35. The van der Waals surface area contributed by atoms with Crippen molar-refractivity contribution < 1.29 is 4.74 Å². The third-order valence-electron chi connectivity index (χ3n) is 2.64. The number of nitrogens with zero attached hydrogens (tertiary/aromatic N) is 1. The Morgan fingerprint density at radius 3 is 2.75 bits per heavy atom. The lowest BCUT2D eigenvalue weighted by molar-refractivity contribution is 0.161. The summed E-state index contributed by atoms with van der Waals surface area (Å²) >= 11 is 3.42. The van der Waals surface area contributed by atoms with Crippen LogP contribution in [0.25, 0.3) is 0 Å². The van der Waals surface area contributed by atoms with Gasteiger partial charge in [0.1, 0.15) is 11.9 Å². The fraction of sp³-hybridized carbons (Fsp3) is 0.417. The van der Waals surface area contributed by atoms with Gasteiger partial charge in [-0.05, 0) is 60.1 Å². The van der Waals surface area contributed by atoms with Gasteiger partial charge in [0.2, 0.25) is 0 Å². The number of ether oxygens (including phenoxy) is 1. The highest BCUT2D eigenvalue weighted by atomic mass is 79.9.